The summed E-state index contributed by atoms with van der Waals surface area (Å²) >= 11 is 0. The summed E-state index contributed by atoms with van der Waals surface area (Å²) in [6.45, 7) is 1.16. The first-order chi connectivity index (χ1) is 12.8. The van der Waals surface area contributed by atoms with Gasteiger partial charge in [-0.3, -0.25) is 9.78 Å². The van der Waals surface area contributed by atoms with Crippen LogP contribution < -0.4 is 10.6 Å². The van der Waals surface area contributed by atoms with Gasteiger partial charge in [0.2, 0.25) is 5.95 Å². The Morgan fingerprint density at radius 3 is 2.62 bits per heavy atom. The fourth-order valence-electron chi connectivity index (χ4n) is 2.48. The maximum atomic E-state index is 12.2. The number of hydrogen-bond donors (Lipinski definition) is 2. The molecule has 2 N–H and O–H groups in total. The van der Waals surface area contributed by atoms with E-state index in [1.165, 1.54) is 5.56 Å². The Morgan fingerprint density at radius 1 is 0.962 bits per heavy atom. The van der Waals surface area contributed by atoms with Gasteiger partial charge in [0.15, 0.2) is 0 Å². The quantitative estimate of drug-likeness (QED) is 0.613. The Bertz CT molecular complexity index is 824. The molecule has 3 rings (SSSR count). The lowest BCUT2D eigenvalue weighted by molar-refractivity contribution is 0.0946. The predicted octanol–water partition coefficient (Wildman–Crippen LogP) is 2.85. The summed E-state index contributed by atoms with van der Waals surface area (Å²) in [5, 5.41) is 6.01. The van der Waals surface area contributed by atoms with Crippen molar-refractivity contribution < 1.29 is 4.79 Å². The van der Waals surface area contributed by atoms with E-state index in [9.17, 15) is 4.79 Å². The van der Waals surface area contributed by atoms with Crippen molar-refractivity contribution in [1.82, 2.24) is 20.3 Å². The molecule has 0 radical (unpaired) electrons. The second kappa shape index (κ2) is 9.27. The van der Waals surface area contributed by atoms with Crippen molar-refractivity contribution in [3.63, 3.8) is 0 Å². The van der Waals surface area contributed by atoms with Crippen LogP contribution >= 0.6 is 0 Å². The summed E-state index contributed by atoms with van der Waals surface area (Å²) in [5.41, 5.74) is 2.59. The van der Waals surface area contributed by atoms with Crippen LogP contribution in [0.2, 0.25) is 0 Å². The van der Waals surface area contributed by atoms with E-state index in [1.807, 2.05) is 30.3 Å². The molecule has 1 amide bonds. The number of nitrogens with one attached hydrogen (secondary N) is 2. The molecule has 0 aliphatic rings. The molecule has 0 saturated heterocycles. The van der Waals surface area contributed by atoms with Gasteiger partial charge in [0.1, 0.15) is 5.69 Å². The zero-order valence-corrected chi connectivity index (χ0v) is 14.4. The third-order valence-corrected chi connectivity index (χ3v) is 3.83. The first-order valence-electron chi connectivity index (χ1n) is 8.59. The molecule has 26 heavy (non-hydrogen) atoms. The van der Waals surface area contributed by atoms with E-state index in [4.69, 9.17) is 0 Å². The number of carbonyl (C=O) groups excluding carboxylic acids is 1. The number of rotatable bonds is 8. The SMILES string of the molecule is O=C(NCc1cccnc1)c1ccnc(NCCCc2ccccc2)n1. The zero-order chi connectivity index (χ0) is 18.0. The number of nitrogens with zero attached hydrogens (tertiary/aromatic N) is 3. The molecule has 2 heterocycles. The van der Waals surface area contributed by atoms with Gasteiger partial charge in [0.25, 0.3) is 5.91 Å². The summed E-state index contributed by atoms with van der Waals surface area (Å²) in [7, 11) is 0. The zero-order valence-electron chi connectivity index (χ0n) is 14.4. The van der Waals surface area contributed by atoms with Crippen molar-refractivity contribution in [2.24, 2.45) is 0 Å². The highest BCUT2D eigenvalue weighted by Gasteiger charge is 2.08. The molecule has 0 atom stereocenters. The largest absolute Gasteiger partial charge is 0.354 e. The van der Waals surface area contributed by atoms with Crippen molar-refractivity contribution >= 4 is 11.9 Å². The molecule has 132 valence electrons. The van der Waals surface area contributed by atoms with Crippen LogP contribution in [0.4, 0.5) is 5.95 Å². The van der Waals surface area contributed by atoms with Crippen LogP contribution in [0.25, 0.3) is 0 Å². The van der Waals surface area contributed by atoms with Crippen LogP contribution in [-0.4, -0.2) is 27.4 Å². The minimum atomic E-state index is -0.233. The van der Waals surface area contributed by atoms with Crippen LogP contribution in [0.1, 0.15) is 28.0 Å². The molecule has 3 aromatic rings. The van der Waals surface area contributed by atoms with Gasteiger partial charge in [-0.15, -0.1) is 0 Å². The second-order valence-electron chi connectivity index (χ2n) is 5.83. The molecule has 2 aromatic heterocycles. The molecule has 0 fully saturated rings. The van der Waals surface area contributed by atoms with E-state index in [0.29, 0.717) is 18.2 Å². The van der Waals surface area contributed by atoms with E-state index in [2.05, 4.69) is 37.7 Å². The van der Waals surface area contributed by atoms with Crippen LogP contribution in [0.3, 0.4) is 0 Å². The molecule has 6 nitrogen and oxygen atoms in total. The Labute approximate surface area is 152 Å². The van der Waals surface area contributed by atoms with Gasteiger partial charge >= 0.3 is 0 Å². The van der Waals surface area contributed by atoms with E-state index < -0.39 is 0 Å². The first-order valence-corrected chi connectivity index (χ1v) is 8.59. The third kappa shape index (κ3) is 5.37. The van der Waals surface area contributed by atoms with Gasteiger partial charge in [-0.05, 0) is 36.1 Å². The lowest BCUT2D eigenvalue weighted by Gasteiger charge is -2.07. The molecule has 6 heteroatoms. The molecule has 0 aliphatic carbocycles. The summed E-state index contributed by atoms with van der Waals surface area (Å²) < 4.78 is 0. The molecule has 0 bridgehead atoms. The third-order valence-electron chi connectivity index (χ3n) is 3.83. The van der Waals surface area contributed by atoms with Crippen molar-refractivity contribution in [2.45, 2.75) is 19.4 Å². The topological polar surface area (TPSA) is 79.8 Å². The number of carbonyl (C=O) groups is 1. The number of amides is 1. The number of aromatic nitrogens is 3. The van der Waals surface area contributed by atoms with Crippen LogP contribution in [-0.2, 0) is 13.0 Å². The van der Waals surface area contributed by atoms with Crippen molar-refractivity contribution in [3.05, 3.63) is 83.9 Å². The smallest absolute Gasteiger partial charge is 0.270 e. The second-order valence-corrected chi connectivity index (χ2v) is 5.83. The number of hydrogen-bond acceptors (Lipinski definition) is 5. The highest BCUT2D eigenvalue weighted by Crippen LogP contribution is 2.05. The molecule has 0 aliphatic heterocycles. The number of pyridine rings is 1. The Morgan fingerprint density at radius 2 is 1.81 bits per heavy atom. The molecule has 0 saturated carbocycles. The van der Waals surface area contributed by atoms with Gasteiger partial charge in [-0.1, -0.05) is 36.4 Å². The lowest BCUT2D eigenvalue weighted by Crippen LogP contribution is -2.24. The standard InChI is InChI=1S/C20H21N5O/c26-19(24-15-17-9-4-11-21-14-17)18-10-13-23-20(25-18)22-12-5-8-16-6-2-1-3-7-16/h1-4,6-7,9-11,13-14H,5,8,12,15H2,(H,24,26)(H,22,23,25). The molecule has 0 spiro atoms. The van der Waals surface area contributed by atoms with E-state index in [0.717, 1.165) is 24.9 Å². The monoisotopic (exact) mass is 347 g/mol. The normalized spacial score (nSPS) is 10.3. The molecule has 0 unspecified atom stereocenters. The minimum absolute atomic E-state index is 0.233. The van der Waals surface area contributed by atoms with Crippen LogP contribution in [0.15, 0.2) is 67.1 Å². The highest BCUT2D eigenvalue weighted by atomic mass is 16.1. The molecular weight excluding hydrogens is 326 g/mol. The number of aryl methyl sites for hydroxylation is 1. The van der Waals surface area contributed by atoms with Crippen LogP contribution in [0.5, 0.6) is 0 Å². The maximum absolute atomic E-state index is 12.2. The number of anilines is 1. The van der Waals surface area contributed by atoms with E-state index >= 15 is 0 Å². The Kier molecular flexibility index (Phi) is 6.25. The molecule has 1 aromatic carbocycles. The Hall–Kier alpha value is -3.28. The summed E-state index contributed by atoms with van der Waals surface area (Å²) in [6.07, 6.45) is 6.96. The van der Waals surface area contributed by atoms with Crippen molar-refractivity contribution in [1.29, 1.82) is 0 Å². The summed E-state index contributed by atoms with van der Waals surface area (Å²) in [5.74, 6) is 0.232. The average molecular weight is 347 g/mol. The average Bonchev–Trinajstić information content (AvgIpc) is 2.71. The summed E-state index contributed by atoms with van der Waals surface area (Å²) in [6, 6.07) is 15.7. The van der Waals surface area contributed by atoms with Gasteiger partial charge in [0, 0.05) is 31.7 Å². The van der Waals surface area contributed by atoms with Crippen LogP contribution in [0, 0.1) is 0 Å². The van der Waals surface area contributed by atoms with Gasteiger partial charge in [0.05, 0.1) is 0 Å². The van der Waals surface area contributed by atoms with Gasteiger partial charge in [-0.2, -0.15) is 0 Å². The first kappa shape index (κ1) is 17.5. The number of benzene rings is 1. The summed E-state index contributed by atoms with van der Waals surface area (Å²) in [4.78, 5) is 24.7. The molecular formula is C20H21N5O. The highest BCUT2D eigenvalue weighted by molar-refractivity contribution is 5.92. The predicted molar refractivity (Wildman–Crippen MR) is 101 cm³/mol. The lowest BCUT2D eigenvalue weighted by atomic mass is 10.1. The van der Waals surface area contributed by atoms with Crippen molar-refractivity contribution in [3.8, 4) is 0 Å². The Balaban J connectivity index is 1.47. The minimum Gasteiger partial charge on any atom is -0.354 e. The maximum Gasteiger partial charge on any atom is 0.270 e. The van der Waals surface area contributed by atoms with E-state index in [1.54, 1.807) is 24.7 Å². The van der Waals surface area contributed by atoms with Gasteiger partial charge < -0.3 is 10.6 Å². The van der Waals surface area contributed by atoms with E-state index in [-0.39, 0.29) is 5.91 Å². The fourth-order valence-corrected chi connectivity index (χ4v) is 2.48. The fraction of sp³-hybridized carbons (Fsp3) is 0.200. The van der Waals surface area contributed by atoms with Crippen molar-refractivity contribution in [2.75, 3.05) is 11.9 Å². The van der Waals surface area contributed by atoms with Gasteiger partial charge in [-0.25, -0.2) is 9.97 Å².